The van der Waals surface area contributed by atoms with Gasteiger partial charge in [-0.25, -0.2) is 19.5 Å². The molecule has 2 aliphatic heterocycles. The molecule has 0 saturated carbocycles. The van der Waals surface area contributed by atoms with E-state index in [1.54, 1.807) is 24.8 Å². The summed E-state index contributed by atoms with van der Waals surface area (Å²) in [6, 6.07) is 1.04. The second-order valence-corrected chi connectivity index (χ2v) is 6.14. The van der Waals surface area contributed by atoms with Gasteiger partial charge in [-0.2, -0.15) is 0 Å². The second kappa shape index (κ2) is 5.09. The van der Waals surface area contributed by atoms with Crippen molar-refractivity contribution < 1.29 is 9.59 Å². The third-order valence-corrected chi connectivity index (χ3v) is 4.49. The highest BCUT2D eigenvalue weighted by atomic mass is 16.2. The van der Waals surface area contributed by atoms with Gasteiger partial charge in [-0.1, -0.05) is 6.92 Å². The van der Waals surface area contributed by atoms with Crippen LogP contribution in [0.4, 0.5) is 16.3 Å². The third kappa shape index (κ3) is 2.05. The van der Waals surface area contributed by atoms with Gasteiger partial charge in [0.1, 0.15) is 11.9 Å². The van der Waals surface area contributed by atoms with E-state index in [2.05, 4.69) is 16.8 Å². The van der Waals surface area contributed by atoms with E-state index in [-0.39, 0.29) is 18.0 Å². The van der Waals surface area contributed by atoms with Crippen LogP contribution in [0.5, 0.6) is 0 Å². The van der Waals surface area contributed by atoms with E-state index in [0.717, 1.165) is 6.42 Å². The highest BCUT2D eigenvalue weighted by molar-refractivity contribution is 6.21. The maximum Gasteiger partial charge on any atom is 0.333 e. The van der Waals surface area contributed by atoms with Crippen molar-refractivity contribution in [2.45, 2.75) is 39.7 Å². The molecule has 114 valence electrons. The zero-order valence-corrected chi connectivity index (χ0v) is 13.0. The lowest BCUT2D eigenvalue weighted by Crippen LogP contribution is -2.41. The van der Waals surface area contributed by atoms with Crippen LogP contribution >= 0.6 is 0 Å². The van der Waals surface area contributed by atoms with Gasteiger partial charge in [0.25, 0.3) is 5.91 Å². The van der Waals surface area contributed by atoms with E-state index in [1.807, 2.05) is 0 Å². The van der Waals surface area contributed by atoms with Gasteiger partial charge >= 0.3 is 6.03 Å². The summed E-state index contributed by atoms with van der Waals surface area (Å²) in [5.41, 5.74) is 1.66. The molecule has 0 N–H and O–H groups in total. The minimum absolute atomic E-state index is 0.192. The fourth-order valence-electron chi connectivity index (χ4n) is 3.19. The Morgan fingerprint density at radius 3 is 2.77 bits per heavy atom. The number of rotatable bonds is 1. The Bertz CT molecular complexity index is 707. The van der Waals surface area contributed by atoms with Gasteiger partial charge in [-0.15, -0.1) is 0 Å². The summed E-state index contributed by atoms with van der Waals surface area (Å²) in [7, 11) is 0. The number of aromatic nitrogens is 1. The number of hydrogen-bond acceptors (Lipinski definition) is 3. The third-order valence-electron chi connectivity index (χ3n) is 4.49. The van der Waals surface area contributed by atoms with Crippen molar-refractivity contribution in [1.82, 2.24) is 9.88 Å². The first-order valence-corrected chi connectivity index (χ1v) is 7.44. The number of piperidine rings is 1. The van der Waals surface area contributed by atoms with Crippen LogP contribution in [0.15, 0.2) is 6.07 Å². The van der Waals surface area contributed by atoms with Crippen molar-refractivity contribution in [2.75, 3.05) is 11.4 Å². The summed E-state index contributed by atoms with van der Waals surface area (Å²) in [4.78, 5) is 35.9. The van der Waals surface area contributed by atoms with Gasteiger partial charge in [0.2, 0.25) is 5.69 Å². The Kier molecular flexibility index (Phi) is 3.36. The number of amides is 3. The van der Waals surface area contributed by atoms with Gasteiger partial charge < -0.3 is 4.90 Å². The lowest BCUT2D eigenvalue weighted by Gasteiger charge is -2.30. The van der Waals surface area contributed by atoms with E-state index in [4.69, 9.17) is 6.57 Å². The molecular formula is C16H18N4O2. The fraction of sp³-hybridized carbons (Fsp3) is 0.500. The summed E-state index contributed by atoms with van der Waals surface area (Å²) in [5.74, 6) is 0.613. The van der Waals surface area contributed by atoms with Crippen LogP contribution in [0.25, 0.3) is 4.85 Å². The van der Waals surface area contributed by atoms with Crippen molar-refractivity contribution >= 4 is 23.4 Å². The molecule has 2 unspecified atom stereocenters. The molecule has 0 aliphatic carbocycles. The number of carbonyl (C=O) groups excluding carboxylic acids is 2. The normalized spacial score (nSPS) is 24.5. The zero-order valence-electron chi connectivity index (χ0n) is 13.0. The maximum absolute atomic E-state index is 12.7. The number of hydrogen-bond donors (Lipinski definition) is 0. The lowest BCUT2D eigenvalue weighted by molar-refractivity contribution is -0.120. The number of pyridine rings is 1. The molecule has 1 aromatic heterocycles. The second-order valence-electron chi connectivity index (χ2n) is 6.14. The smallest absolute Gasteiger partial charge is 0.312 e. The molecule has 0 bridgehead atoms. The first-order chi connectivity index (χ1) is 10.4. The molecule has 0 spiro atoms. The Balaban J connectivity index is 2.02. The van der Waals surface area contributed by atoms with Gasteiger partial charge in [0, 0.05) is 12.2 Å². The zero-order chi connectivity index (χ0) is 16.0. The number of urea groups is 1. The Morgan fingerprint density at radius 1 is 1.36 bits per heavy atom. The molecule has 3 amide bonds. The number of fused-ring (bicyclic) bond motifs is 1. The lowest BCUT2D eigenvalue weighted by atomic mass is 9.93. The number of carbonyl (C=O) groups is 2. The topological polar surface area (TPSA) is 57.9 Å². The molecule has 2 aliphatic rings. The molecule has 2 saturated heterocycles. The summed E-state index contributed by atoms with van der Waals surface area (Å²) >= 11 is 0. The number of aryl methyl sites for hydroxylation is 2. The van der Waals surface area contributed by atoms with Crippen molar-refractivity contribution in [3.8, 4) is 0 Å². The van der Waals surface area contributed by atoms with Gasteiger partial charge in [0.05, 0.1) is 6.57 Å². The molecule has 0 radical (unpaired) electrons. The van der Waals surface area contributed by atoms with Crippen LogP contribution in [0.1, 0.15) is 31.0 Å². The quantitative estimate of drug-likeness (QED) is 0.591. The van der Waals surface area contributed by atoms with Gasteiger partial charge in [-0.3, -0.25) is 4.79 Å². The van der Waals surface area contributed by atoms with E-state index in [0.29, 0.717) is 41.6 Å². The molecule has 3 heterocycles. The number of anilines is 1. The van der Waals surface area contributed by atoms with Crippen LogP contribution < -0.4 is 4.90 Å². The van der Waals surface area contributed by atoms with E-state index >= 15 is 0 Å². The Labute approximate surface area is 129 Å². The average Bonchev–Trinajstić information content (AvgIpc) is 2.72. The minimum atomic E-state index is -0.363. The van der Waals surface area contributed by atoms with Crippen LogP contribution in [0, 0.1) is 26.3 Å². The predicted molar refractivity (Wildman–Crippen MR) is 81.7 cm³/mol. The maximum atomic E-state index is 12.7. The molecule has 3 rings (SSSR count). The summed E-state index contributed by atoms with van der Waals surface area (Å²) < 4.78 is 0. The number of imide groups is 1. The van der Waals surface area contributed by atoms with Crippen LogP contribution in [0.3, 0.4) is 0 Å². The summed E-state index contributed by atoms with van der Waals surface area (Å²) in [5, 5.41) is 0. The standard InChI is InChI=1S/C16H18N4O2/c1-9-5-6-19-13(7-9)15(21)20(16(19)22)14-10(2)8-12(17-4)11(3)18-14/h8-9,13H,5-7H2,1-3H3. The van der Waals surface area contributed by atoms with Crippen molar-refractivity contribution in [3.05, 3.63) is 28.7 Å². The largest absolute Gasteiger partial charge is 0.333 e. The highest BCUT2D eigenvalue weighted by Gasteiger charge is 2.48. The molecule has 2 fully saturated rings. The van der Waals surface area contributed by atoms with E-state index in [1.165, 1.54) is 4.90 Å². The first kappa shape index (κ1) is 14.5. The Hall–Kier alpha value is -2.42. The molecule has 22 heavy (non-hydrogen) atoms. The van der Waals surface area contributed by atoms with Crippen molar-refractivity contribution in [2.24, 2.45) is 5.92 Å². The summed E-state index contributed by atoms with van der Waals surface area (Å²) in [6.07, 6.45) is 1.63. The van der Waals surface area contributed by atoms with Crippen molar-refractivity contribution in [3.63, 3.8) is 0 Å². The summed E-state index contributed by atoms with van der Waals surface area (Å²) in [6.45, 7) is 13.3. The van der Waals surface area contributed by atoms with Gasteiger partial charge in [0.15, 0.2) is 0 Å². The highest BCUT2D eigenvalue weighted by Crippen LogP contribution is 2.34. The molecule has 0 aromatic carbocycles. The molecular weight excluding hydrogens is 280 g/mol. The van der Waals surface area contributed by atoms with Crippen LogP contribution in [-0.2, 0) is 4.79 Å². The average molecular weight is 298 g/mol. The minimum Gasteiger partial charge on any atom is -0.312 e. The van der Waals surface area contributed by atoms with Crippen LogP contribution in [-0.4, -0.2) is 34.4 Å². The molecule has 6 heteroatoms. The van der Waals surface area contributed by atoms with Crippen LogP contribution in [0.2, 0.25) is 0 Å². The number of nitrogens with zero attached hydrogens (tertiary/aromatic N) is 4. The van der Waals surface area contributed by atoms with E-state index in [9.17, 15) is 9.59 Å². The van der Waals surface area contributed by atoms with Gasteiger partial charge in [-0.05, 0) is 44.2 Å². The van der Waals surface area contributed by atoms with Crippen molar-refractivity contribution in [1.29, 1.82) is 0 Å². The monoisotopic (exact) mass is 298 g/mol. The molecule has 2 atom stereocenters. The molecule has 1 aromatic rings. The molecule has 6 nitrogen and oxygen atoms in total. The fourth-order valence-corrected chi connectivity index (χ4v) is 3.19. The Morgan fingerprint density at radius 2 is 2.09 bits per heavy atom. The predicted octanol–water partition coefficient (Wildman–Crippen LogP) is 2.82. The SMILES string of the molecule is [C-]#[N+]c1cc(C)c(N2C(=O)C3CC(C)CCN3C2=O)nc1C. The van der Waals surface area contributed by atoms with E-state index < -0.39 is 0 Å². The first-order valence-electron chi connectivity index (χ1n) is 7.44.